The Labute approximate surface area is 176 Å². The second-order valence-electron chi connectivity index (χ2n) is 8.00. The lowest BCUT2D eigenvalue weighted by Gasteiger charge is -2.15. The molecule has 0 fully saturated rings. The maximum absolute atomic E-state index is 14.8. The van der Waals surface area contributed by atoms with Crippen LogP contribution in [0.25, 0.3) is 22.3 Å². The lowest BCUT2D eigenvalue weighted by Crippen LogP contribution is -2.21. The first-order valence-corrected chi connectivity index (χ1v) is 14.2. The Morgan fingerprint density at radius 2 is 1.72 bits per heavy atom. The zero-order valence-corrected chi connectivity index (χ0v) is 18.8. The molecule has 29 heavy (non-hydrogen) atoms. The van der Waals surface area contributed by atoms with E-state index in [-0.39, 0.29) is 11.8 Å². The van der Waals surface area contributed by atoms with Gasteiger partial charge in [0.05, 0.1) is 5.94 Å². The fourth-order valence-electron chi connectivity index (χ4n) is 2.77. The number of nitrogens with two attached hydrogens (primary N) is 1. The molecule has 0 amide bonds. The van der Waals surface area contributed by atoms with E-state index in [1.54, 1.807) is 23.9 Å². The summed E-state index contributed by atoms with van der Waals surface area (Å²) in [6.45, 7) is 7.81. The summed E-state index contributed by atoms with van der Waals surface area (Å²) < 4.78 is 20.6. The summed E-state index contributed by atoms with van der Waals surface area (Å²) in [5.41, 5.74) is 8.38. The number of hydrogen-bond donors (Lipinski definition) is 1. The molecule has 152 valence electrons. The van der Waals surface area contributed by atoms with Crippen molar-refractivity contribution in [2.75, 3.05) is 18.3 Å². The highest BCUT2D eigenvalue weighted by atomic mass is 32.2. The minimum absolute atomic E-state index is 0.170. The van der Waals surface area contributed by atoms with Crippen molar-refractivity contribution >= 4 is 25.8 Å². The first kappa shape index (κ1) is 21.5. The van der Waals surface area contributed by atoms with E-state index in [0.29, 0.717) is 17.1 Å². The summed E-state index contributed by atoms with van der Waals surface area (Å²) >= 11 is 1.64. The first-order chi connectivity index (χ1) is 13.8. The van der Waals surface area contributed by atoms with E-state index < -0.39 is 8.07 Å². The van der Waals surface area contributed by atoms with Gasteiger partial charge in [-0.1, -0.05) is 61.7 Å². The van der Waals surface area contributed by atoms with Crippen LogP contribution in [0.15, 0.2) is 59.8 Å². The Hall–Kier alpha value is -2.22. The molecule has 1 aromatic heterocycles. The van der Waals surface area contributed by atoms with Gasteiger partial charge in [-0.25, -0.2) is 14.4 Å². The third-order valence-corrected chi connectivity index (χ3v) is 7.10. The maximum atomic E-state index is 14.8. The van der Waals surface area contributed by atoms with Crippen molar-refractivity contribution in [3.63, 3.8) is 0 Å². The molecule has 0 spiro atoms. The highest BCUT2D eigenvalue weighted by Crippen LogP contribution is 2.34. The Balaban J connectivity index is 1.74. The van der Waals surface area contributed by atoms with Gasteiger partial charge in [-0.3, -0.25) is 0 Å². The smallest absolute Gasteiger partial charge is 0.219 e. The topological polar surface area (TPSA) is 61.0 Å². The molecular weight excluding hydrogens is 401 g/mol. The standard InChI is InChI=1S/C22H26FN3OSSi/c1-29(2,3)11-10-27-15-28-21-7-5-4-6-19(21)16-8-9-18(20(23)12-16)17-13-25-22(24)26-14-17/h4-9,12-14H,10-11,15H2,1-3H3,(H2,24,25,26). The minimum atomic E-state index is -1.08. The summed E-state index contributed by atoms with van der Waals surface area (Å²) in [5.74, 6) is 0.441. The number of nitrogen functional groups attached to an aromatic ring is 1. The summed E-state index contributed by atoms with van der Waals surface area (Å²) in [5, 5.41) is 0. The van der Waals surface area contributed by atoms with Crippen LogP contribution < -0.4 is 5.73 Å². The molecule has 7 heteroatoms. The second kappa shape index (κ2) is 9.52. The maximum Gasteiger partial charge on any atom is 0.219 e. The molecule has 3 rings (SSSR count). The van der Waals surface area contributed by atoms with Gasteiger partial charge >= 0.3 is 0 Å². The van der Waals surface area contributed by atoms with Crippen LogP contribution in [0, 0.1) is 5.82 Å². The van der Waals surface area contributed by atoms with Crippen molar-refractivity contribution in [3.05, 3.63) is 60.7 Å². The molecule has 2 aromatic carbocycles. The Kier molecular flexibility index (Phi) is 7.05. The Morgan fingerprint density at radius 1 is 1.00 bits per heavy atom. The molecule has 4 nitrogen and oxygen atoms in total. The molecule has 0 radical (unpaired) electrons. The predicted octanol–water partition coefficient (Wildman–Crippen LogP) is 5.94. The van der Waals surface area contributed by atoms with Gasteiger partial charge in [0, 0.05) is 43.1 Å². The van der Waals surface area contributed by atoms with Crippen molar-refractivity contribution in [2.24, 2.45) is 0 Å². The van der Waals surface area contributed by atoms with Gasteiger partial charge in [-0.15, -0.1) is 0 Å². The van der Waals surface area contributed by atoms with E-state index in [2.05, 4.69) is 29.6 Å². The predicted molar refractivity (Wildman–Crippen MR) is 122 cm³/mol. The Bertz CT molecular complexity index is 961. The van der Waals surface area contributed by atoms with Crippen LogP contribution >= 0.6 is 11.8 Å². The van der Waals surface area contributed by atoms with Crippen LogP contribution in [0.5, 0.6) is 0 Å². The number of benzene rings is 2. The monoisotopic (exact) mass is 427 g/mol. The normalized spacial score (nSPS) is 11.6. The van der Waals surface area contributed by atoms with E-state index in [0.717, 1.165) is 28.7 Å². The van der Waals surface area contributed by atoms with Crippen LogP contribution in [-0.4, -0.2) is 30.6 Å². The summed E-state index contributed by atoms with van der Waals surface area (Å²) in [7, 11) is -1.08. The van der Waals surface area contributed by atoms with Crippen LogP contribution in [-0.2, 0) is 4.74 Å². The molecule has 2 N–H and O–H groups in total. The van der Waals surface area contributed by atoms with Gasteiger partial charge < -0.3 is 10.5 Å². The summed E-state index contributed by atoms with van der Waals surface area (Å²) in [4.78, 5) is 8.95. The second-order valence-corrected chi connectivity index (χ2v) is 14.6. The minimum Gasteiger partial charge on any atom is -0.371 e. The van der Waals surface area contributed by atoms with E-state index in [4.69, 9.17) is 10.5 Å². The highest BCUT2D eigenvalue weighted by Gasteiger charge is 2.13. The number of thioether (sulfide) groups is 1. The number of halogens is 1. The lowest BCUT2D eigenvalue weighted by molar-refractivity contribution is 0.198. The molecule has 0 aliphatic rings. The van der Waals surface area contributed by atoms with E-state index in [1.807, 2.05) is 30.3 Å². The van der Waals surface area contributed by atoms with Crippen molar-refractivity contribution in [2.45, 2.75) is 30.6 Å². The molecule has 0 saturated carbocycles. The fraction of sp³-hybridized carbons (Fsp3) is 0.273. The molecule has 0 bridgehead atoms. The average molecular weight is 428 g/mol. The molecule has 1 heterocycles. The lowest BCUT2D eigenvalue weighted by atomic mass is 10.0. The van der Waals surface area contributed by atoms with Crippen molar-refractivity contribution in [3.8, 4) is 22.3 Å². The third-order valence-electron chi connectivity index (χ3n) is 4.44. The average Bonchev–Trinajstić information content (AvgIpc) is 2.68. The highest BCUT2D eigenvalue weighted by molar-refractivity contribution is 7.99. The van der Waals surface area contributed by atoms with E-state index >= 15 is 0 Å². The zero-order valence-electron chi connectivity index (χ0n) is 17.0. The molecule has 3 aromatic rings. The van der Waals surface area contributed by atoms with Gasteiger partial charge in [0.15, 0.2) is 0 Å². The number of ether oxygens (including phenoxy) is 1. The summed E-state index contributed by atoms with van der Waals surface area (Å²) in [6.07, 6.45) is 3.06. The molecule has 0 aliphatic heterocycles. The van der Waals surface area contributed by atoms with Gasteiger partial charge in [0.25, 0.3) is 0 Å². The quantitative estimate of drug-likeness (QED) is 0.209. The van der Waals surface area contributed by atoms with Crippen molar-refractivity contribution < 1.29 is 9.13 Å². The van der Waals surface area contributed by atoms with Gasteiger partial charge in [-0.2, -0.15) is 0 Å². The number of hydrogen-bond acceptors (Lipinski definition) is 5. The first-order valence-electron chi connectivity index (χ1n) is 9.51. The van der Waals surface area contributed by atoms with Gasteiger partial charge in [-0.05, 0) is 29.3 Å². The van der Waals surface area contributed by atoms with Crippen LogP contribution in [0.1, 0.15) is 0 Å². The number of anilines is 1. The van der Waals surface area contributed by atoms with Crippen LogP contribution in [0.4, 0.5) is 10.3 Å². The van der Waals surface area contributed by atoms with Crippen LogP contribution in [0.2, 0.25) is 25.7 Å². The number of nitrogens with zero attached hydrogens (tertiary/aromatic N) is 2. The van der Waals surface area contributed by atoms with Gasteiger partial charge in [0.1, 0.15) is 5.82 Å². The van der Waals surface area contributed by atoms with Crippen molar-refractivity contribution in [1.82, 2.24) is 9.97 Å². The van der Waals surface area contributed by atoms with Gasteiger partial charge in [0.2, 0.25) is 5.95 Å². The molecule has 0 unspecified atom stereocenters. The number of aromatic nitrogens is 2. The Morgan fingerprint density at radius 3 is 2.41 bits per heavy atom. The van der Waals surface area contributed by atoms with Crippen LogP contribution in [0.3, 0.4) is 0 Å². The largest absolute Gasteiger partial charge is 0.371 e. The SMILES string of the molecule is C[Si](C)(C)CCOCSc1ccccc1-c1ccc(-c2cnc(N)nc2)c(F)c1. The van der Waals surface area contributed by atoms with E-state index in [9.17, 15) is 4.39 Å². The van der Waals surface area contributed by atoms with Crippen molar-refractivity contribution in [1.29, 1.82) is 0 Å². The number of rotatable bonds is 8. The molecule has 0 saturated heterocycles. The van der Waals surface area contributed by atoms with E-state index in [1.165, 1.54) is 12.4 Å². The summed E-state index contributed by atoms with van der Waals surface area (Å²) in [6, 6.07) is 14.4. The molecule has 0 atom stereocenters. The fourth-order valence-corrected chi connectivity index (χ4v) is 4.37. The molecular formula is C22H26FN3OSSi. The molecule has 0 aliphatic carbocycles. The third kappa shape index (κ3) is 6.13. The zero-order chi connectivity index (χ0) is 20.9.